The van der Waals surface area contributed by atoms with Crippen LogP contribution in [0, 0.1) is 11.8 Å². The van der Waals surface area contributed by atoms with Crippen LogP contribution >= 0.6 is 0 Å². The fourth-order valence-electron chi connectivity index (χ4n) is 1.17. The molecule has 0 fully saturated rings. The lowest BCUT2D eigenvalue weighted by Crippen LogP contribution is -2.00. The molecule has 1 aromatic carbocycles. The van der Waals surface area contributed by atoms with Crippen LogP contribution in [0.5, 0.6) is 11.5 Å². The van der Waals surface area contributed by atoms with E-state index in [9.17, 15) is 4.79 Å². The highest BCUT2D eigenvalue weighted by Gasteiger charge is 2.05. The van der Waals surface area contributed by atoms with E-state index in [1.807, 2.05) is 6.92 Å². The van der Waals surface area contributed by atoms with Crippen LogP contribution in [0.3, 0.4) is 0 Å². The van der Waals surface area contributed by atoms with Crippen molar-refractivity contribution in [2.75, 3.05) is 13.2 Å². The molecule has 3 nitrogen and oxygen atoms in total. The Hall–Kier alpha value is -1.95. The van der Waals surface area contributed by atoms with Gasteiger partial charge in [-0.3, -0.25) is 4.79 Å². The second-order valence-corrected chi connectivity index (χ2v) is 2.97. The molecule has 0 atom stereocenters. The fourth-order valence-corrected chi connectivity index (χ4v) is 1.17. The van der Waals surface area contributed by atoms with Gasteiger partial charge in [-0.05, 0) is 32.0 Å². The van der Waals surface area contributed by atoms with Crippen LogP contribution < -0.4 is 9.47 Å². The molecule has 0 aliphatic carbocycles. The zero-order valence-electron chi connectivity index (χ0n) is 9.45. The van der Waals surface area contributed by atoms with Gasteiger partial charge in [-0.15, -0.1) is 5.92 Å². The van der Waals surface area contributed by atoms with E-state index in [1.54, 1.807) is 25.1 Å². The molecule has 0 heterocycles. The van der Waals surface area contributed by atoms with Gasteiger partial charge in [0.15, 0.2) is 11.5 Å². The molecule has 84 valence electrons. The van der Waals surface area contributed by atoms with Crippen molar-refractivity contribution >= 4 is 6.29 Å². The van der Waals surface area contributed by atoms with E-state index in [0.717, 1.165) is 6.29 Å². The standard InChI is InChI=1S/C13H14O3/c1-3-5-8-16-12-7-6-11(10-14)9-13(12)15-4-2/h6-7,9-10H,4,8H2,1-2H3. The Balaban J connectivity index is 2.86. The summed E-state index contributed by atoms with van der Waals surface area (Å²) in [6, 6.07) is 5.06. The lowest BCUT2D eigenvalue weighted by Gasteiger charge is -2.10. The van der Waals surface area contributed by atoms with E-state index in [-0.39, 0.29) is 0 Å². The Labute approximate surface area is 95.4 Å². The van der Waals surface area contributed by atoms with Crippen molar-refractivity contribution < 1.29 is 14.3 Å². The Morgan fingerprint density at radius 1 is 1.31 bits per heavy atom. The zero-order chi connectivity index (χ0) is 11.8. The van der Waals surface area contributed by atoms with Crippen molar-refractivity contribution in [1.29, 1.82) is 0 Å². The van der Waals surface area contributed by atoms with Crippen LogP contribution in [-0.4, -0.2) is 19.5 Å². The molecule has 0 aromatic heterocycles. The van der Waals surface area contributed by atoms with Gasteiger partial charge in [0.2, 0.25) is 0 Å². The van der Waals surface area contributed by atoms with Crippen molar-refractivity contribution in [2.24, 2.45) is 0 Å². The van der Waals surface area contributed by atoms with Gasteiger partial charge >= 0.3 is 0 Å². The molecule has 0 amide bonds. The highest BCUT2D eigenvalue weighted by Crippen LogP contribution is 2.27. The molecule has 1 rings (SSSR count). The molecule has 0 unspecified atom stereocenters. The summed E-state index contributed by atoms with van der Waals surface area (Å²) in [6.07, 6.45) is 0.776. The van der Waals surface area contributed by atoms with Gasteiger partial charge in [-0.2, -0.15) is 0 Å². The van der Waals surface area contributed by atoms with Crippen LogP contribution in [0.2, 0.25) is 0 Å². The van der Waals surface area contributed by atoms with Gasteiger partial charge in [0.1, 0.15) is 12.9 Å². The second-order valence-electron chi connectivity index (χ2n) is 2.97. The van der Waals surface area contributed by atoms with E-state index < -0.39 is 0 Å². The van der Waals surface area contributed by atoms with Crippen molar-refractivity contribution in [2.45, 2.75) is 13.8 Å². The first-order chi connectivity index (χ1) is 7.81. The summed E-state index contributed by atoms with van der Waals surface area (Å²) in [5.74, 6) is 6.72. The van der Waals surface area contributed by atoms with Gasteiger partial charge in [-0.25, -0.2) is 0 Å². The van der Waals surface area contributed by atoms with Gasteiger partial charge in [0.05, 0.1) is 6.61 Å². The number of aldehydes is 1. The summed E-state index contributed by atoms with van der Waals surface area (Å²) >= 11 is 0. The van der Waals surface area contributed by atoms with Crippen LogP contribution in [0.15, 0.2) is 18.2 Å². The molecule has 0 aliphatic rings. The van der Waals surface area contributed by atoms with Crippen LogP contribution in [-0.2, 0) is 0 Å². The third-order valence-electron chi connectivity index (χ3n) is 1.88. The molecular formula is C13H14O3. The van der Waals surface area contributed by atoms with Crippen LogP contribution in [0.1, 0.15) is 24.2 Å². The first-order valence-electron chi connectivity index (χ1n) is 5.06. The summed E-state index contributed by atoms with van der Waals surface area (Å²) in [5, 5.41) is 0. The molecule has 0 bridgehead atoms. The van der Waals surface area contributed by atoms with Gasteiger partial charge in [0, 0.05) is 5.56 Å². The first kappa shape index (κ1) is 12.1. The van der Waals surface area contributed by atoms with E-state index in [2.05, 4.69) is 11.8 Å². The third kappa shape index (κ3) is 3.32. The summed E-state index contributed by atoms with van der Waals surface area (Å²) in [5.41, 5.74) is 0.567. The Morgan fingerprint density at radius 3 is 2.75 bits per heavy atom. The second kappa shape index (κ2) is 6.52. The van der Waals surface area contributed by atoms with Crippen molar-refractivity contribution in [3.8, 4) is 23.3 Å². The van der Waals surface area contributed by atoms with Crippen molar-refractivity contribution in [1.82, 2.24) is 0 Å². The van der Waals surface area contributed by atoms with E-state index in [0.29, 0.717) is 30.3 Å². The summed E-state index contributed by atoms with van der Waals surface area (Å²) < 4.78 is 10.8. The topological polar surface area (TPSA) is 35.5 Å². The largest absolute Gasteiger partial charge is 0.490 e. The quantitative estimate of drug-likeness (QED) is 0.562. The van der Waals surface area contributed by atoms with Crippen molar-refractivity contribution in [3.63, 3.8) is 0 Å². The summed E-state index contributed by atoms with van der Waals surface area (Å²) in [7, 11) is 0. The minimum atomic E-state index is 0.316. The minimum Gasteiger partial charge on any atom is -0.490 e. The van der Waals surface area contributed by atoms with E-state index in [4.69, 9.17) is 9.47 Å². The SMILES string of the molecule is CC#CCOc1ccc(C=O)cc1OCC. The smallest absolute Gasteiger partial charge is 0.162 e. The number of carbonyl (C=O) groups is 1. The number of rotatable bonds is 5. The van der Waals surface area contributed by atoms with Gasteiger partial charge < -0.3 is 9.47 Å². The Bertz CT molecular complexity index is 413. The van der Waals surface area contributed by atoms with E-state index in [1.165, 1.54) is 0 Å². The number of hydrogen-bond donors (Lipinski definition) is 0. The normalized spacial score (nSPS) is 8.88. The molecule has 0 N–H and O–H groups in total. The van der Waals surface area contributed by atoms with E-state index >= 15 is 0 Å². The highest BCUT2D eigenvalue weighted by atomic mass is 16.5. The fraction of sp³-hybridized carbons (Fsp3) is 0.308. The molecule has 0 saturated carbocycles. The number of ether oxygens (including phenoxy) is 2. The molecule has 0 saturated heterocycles. The highest BCUT2D eigenvalue weighted by molar-refractivity contribution is 5.76. The van der Waals surface area contributed by atoms with Crippen LogP contribution in [0.4, 0.5) is 0 Å². The molecule has 0 aliphatic heterocycles. The molecular weight excluding hydrogens is 204 g/mol. The molecule has 1 aromatic rings. The molecule has 0 spiro atoms. The average Bonchev–Trinajstić information content (AvgIpc) is 2.31. The predicted molar refractivity (Wildman–Crippen MR) is 61.9 cm³/mol. The maximum Gasteiger partial charge on any atom is 0.162 e. The Morgan fingerprint density at radius 2 is 2.12 bits per heavy atom. The summed E-state index contributed by atoms with van der Waals surface area (Å²) in [6.45, 7) is 4.47. The maximum absolute atomic E-state index is 10.6. The third-order valence-corrected chi connectivity index (χ3v) is 1.88. The minimum absolute atomic E-state index is 0.316. The summed E-state index contributed by atoms with van der Waals surface area (Å²) in [4.78, 5) is 10.6. The van der Waals surface area contributed by atoms with Crippen LogP contribution in [0.25, 0.3) is 0 Å². The molecule has 16 heavy (non-hydrogen) atoms. The first-order valence-corrected chi connectivity index (χ1v) is 5.06. The molecule has 3 heteroatoms. The maximum atomic E-state index is 10.6. The van der Waals surface area contributed by atoms with Gasteiger partial charge in [0.25, 0.3) is 0 Å². The number of benzene rings is 1. The van der Waals surface area contributed by atoms with Crippen molar-refractivity contribution in [3.05, 3.63) is 23.8 Å². The van der Waals surface area contributed by atoms with Gasteiger partial charge in [-0.1, -0.05) is 5.92 Å². The Kier molecular flexibility index (Phi) is 4.94. The average molecular weight is 218 g/mol. The number of hydrogen-bond acceptors (Lipinski definition) is 3. The predicted octanol–water partition coefficient (Wildman–Crippen LogP) is 2.30. The monoisotopic (exact) mass is 218 g/mol. The lowest BCUT2D eigenvalue weighted by atomic mass is 10.2. The molecule has 0 radical (unpaired) electrons. The zero-order valence-corrected chi connectivity index (χ0v) is 9.45. The number of carbonyl (C=O) groups excluding carboxylic acids is 1. The lowest BCUT2D eigenvalue weighted by molar-refractivity contribution is 0.112.